The number of hydrogen-bond donors (Lipinski definition) is 0. The molecule has 4 rings (SSSR count). The first-order valence-electron chi connectivity index (χ1n) is 8.26. The van der Waals surface area contributed by atoms with Crippen LogP contribution >= 0.6 is 0 Å². The van der Waals surface area contributed by atoms with Crippen molar-refractivity contribution in [2.24, 2.45) is 0 Å². The quantitative estimate of drug-likeness (QED) is 0.483. The van der Waals surface area contributed by atoms with Crippen molar-refractivity contribution in [1.82, 2.24) is 0 Å². The molecule has 3 aromatic carbocycles. The summed E-state index contributed by atoms with van der Waals surface area (Å²) in [7, 11) is 0. The van der Waals surface area contributed by atoms with Crippen LogP contribution in [0.25, 0.3) is 16.3 Å². The van der Waals surface area contributed by atoms with E-state index in [-0.39, 0.29) is 0 Å². The molecule has 113 valence electrons. The molecule has 1 aliphatic rings. The van der Waals surface area contributed by atoms with Gasteiger partial charge in [0, 0.05) is 0 Å². The first kappa shape index (κ1) is 15.1. The Labute approximate surface area is 146 Å². The molecule has 1 unspecified atom stereocenters. The van der Waals surface area contributed by atoms with Gasteiger partial charge in [0.15, 0.2) is 0 Å². The van der Waals surface area contributed by atoms with E-state index in [1.54, 1.807) is 11.1 Å². The fraction of sp³-hybridized carbons (Fsp3) is 0.182. The van der Waals surface area contributed by atoms with E-state index < -0.39 is 21.8 Å². The van der Waals surface area contributed by atoms with Gasteiger partial charge in [0.2, 0.25) is 0 Å². The summed E-state index contributed by atoms with van der Waals surface area (Å²) in [5, 5.41) is 2.70. The minimum absolute atomic E-state index is 0.725. The predicted octanol–water partition coefficient (Wildman–Crippen LogP) is 6.43. The van der Waals surface area contributed by atoms with Gasteiger partial charge in [0.05, 0.1) is 0 Å². The van der Waals surface area contributed by atoms with Gasteiger partial charge in [-0.05, 0) is 0 Å². The van der Waals surface area contributed by atoms with Crippen LogP contribution in [-0.4, -0.2) is 0 Å². The third-order valence-corrected chi connectivity index (χ3v) is 9.67. The average Bonchev–Trinajstić information content (AvgIpc) is 2.86. The monoisotopic (exact) mass is 375 g/mol. The van der Waals surface area contributed by atoms with Crippen molar-refractivity contribution in [2.45, 2.75) is 19.8 Å². The van der Waals surface area contributed by atoms with Crippen molar-refractivity contribution < 1.29 is 21.8 Å². The van der Waals surface area contributed by atoms with Crippen molar-refractivity contribution in [3.8, 4) is 0 Å². The summed E-state index contributed by atoms with van der Waals surface area (Å²) < 4.78 is 5.78. The van der Waals surface area contributed by atoms with Gasteiger partial charge in [0.1, 0.15) is 0 Å². The first-order valence-corrected chi connectivity index (χ1v) is 14.6. The maximum absolute atomic E-state index is 2.53. The third kappa shape index (κ3) is 2.37. The molecule has 0 fully saturated rings. The van der Waals surface area contributed by atoms with Crippen molar-refractivity contribution in [2.75, 3.05) is 0 Å². The second-order valence-corrected chi connectivity index (χ2v) is 13.4. The van der Waals surface area contributed by atoms with E-state index in [1.807, 2.05) is 0 Å². The van der Waals surface area contributed by atoms with Crippen LogP contribution in [0.4, 0.5) is 0 Å². The summed E-state index contributed by atoms with van der Waals surface area (Å²) in [4.78, 5) is 0. The average molecular weight is 377 g/mol. The van der Waals surface area contributed by atoms with Gasteiger partial charge >= 0.3 is 147 Å². The van der Waals surface area contributed by atoms with Gasteiger partial charge in [-0.15, -0.1) is 0 Å². The molecule has 1 aliphatic carbocycles. The Morgan fingerprint density at radius 3 is 2.22 bits per heavy atom. The molecule has 0 N–H and O–H groups in total. The van der Waals surface area contributed by atoms with Crippen LogP contribution < -0.4 is 0 Å². The zero-order valence-corrected chi connectivity index (χ0v) is 16.4. The molecule has 23 heavy (non-hydrogen) atoms. The summed E-state index contributed by atoms with van der Waals surface area (Å²) in [6.45, 7) is 2.37. The van der Waals surface area contributed by atoms with Gasteiger partial charge in [-0.2, -0.15) is 0 Å². The fourth-order valence-corrected chi connectivity index (χ4v) is 8.74. The predicted molar refractivity (Wildman–Crippen MR) is 96.6 cm³/mol. The molecule has 0 amide bonds. The summed E-state index contributed by atoms with van der Waals surface area (Å²) in [6.07, 6.45) is 0. The Kier molecular flexibility index (Phi) is 3.86. The Hall–Kier alpha value is -1.46. The van der Waals surface area contributed by atoms with E-state index in [2.05, 4.69) is 82.9 Å². The Morgan fingerprint density at radius 1 is 0.739 bits per heavy atom. The Morgan fingerprint density at radius 2 is 1.39 bits per heavy atom. The van der Waals surface area contributed by atoms with E-state index >= 15 is 0 Å². The summed E-state index contributed by atoms with van der Waals surface area (Å²) in [5.74, 6) is 0. The summed E-state index contributed by atoms with van der Waals surface area (Å²) in [6, 6.07) is 24.5. The number of fused-ring (bicyclic) bond motifs is 2. The van der Waals surface area contributed by atoms with Crippen molar-refractivity contribution >= 4 is 16.3 Å². The molecule has 0 aromatic heterocycles. The van der Waals surface area contributed by atoms with Crippen LogP contribution in [0.2, 0.25) is 9.26 Å². The molecule has 0 saturated carbocycles. The maximum atomic E-state index is 2.53. The van der Waals surface area contributed by atoms with E-state index in [4.69, 9.17) is 0 Å². The molecule has 1 heteroatoms. The zero-order valence-electron chi connectivity index (χ0n) is 13.9. The second-order valence-electron chi connectivity index (χ2n) is 6.68. The van der Waals surface area contributed by atoms with E-state index in [0.29, 0.717) is 0 Å². The number of benzene rings is 3. The van der Waals surface area contributed by atoms with Crippen LogP contribution in [0.15, 0.2) is 72.3 Å². The van der Waals surface area contributed by atoms with E-state index in [0.717, 1.165) is 3.63 Å². The molecule has 0 nitrogen and oxygen atoms in total. The SMILES string of the molecule is CC1=C(c2cccc3ccccc23)c2ccccc2[CH]1[Zr]([CH3])[CH3]. The van der Waals surface area contributed by atoms with Gasteiger partial charge in [0.25, 0.3) is 0 Å². The van der Waals surface area contributed by atoms with Crippen molar-refractivity contribution in [3.63, 3.8) is 0 Å². The summed E-state index contributed by atoms with van der Waals surface area (Å²) >= 11 is -1.39. The molecule has 0 saturated heterocycles. The fourth-order valence-electron chi connectivity index (χ4n) is 4.11. The van der Waals surface area contributed by atoms with Crippen LogP contribution in [0, 0.1) is 0 Å². The number of rotatable bonds is 2. The topological polar surface area (TPSA) is 0 Å². The Balaban J connectivity index is 2.04. The zero-order chi connectivity index (χ0) is 16.0. The van der Waals surface area contributed by atoms with Gasteiger partial charge in [-0.3, -0.25) is 0 Å². The molecule has 1 atom stereocenters. The molecule has 0 bridgehead atoms. The molecule has 0 aliphatic heterocycles. The van der Waals surface area contributed by atoms with Crippen LogP contribution in [0.1, 0.15) is 27.2 Å². The normalized spacial score (nSPS) is 16.7. The van der Waals surface area contributed by atoms with Crippen molar-refractivity contribution in [1.29, 1.82) is 0 Å². The van der Waals surface area contributed by atoms with Crippen LogP contribution in [0.3, 0.4) is 0 Å². The van der Waals surface area contributed by atoms with Crippen LogP contribution in [0.5, 0.6) is 0 Å². The second kappa shape index (κ2) is 5.88. The molecule has 0 spiro atoms. The third-order valence-electron chi connectivity index (χ3n) is 5.00. The van der Waals surface area contributed by atoms with Crippen molar-refractivity contribution in [3.05, 3.63) is 89.0 Å². The molecule has 0 heterocycles. The molecule has 0 radical (unpaired) electrons. The summed E-state index contributed by atoms with van der Waals surface area (Å²) in [5.41, 5.74) is 7.53. The molecular weight excluding hydrogens is 355 g/mol. The molecular formula is C22H21Zr. The standard InChI is InChI=1S/C20H15.2CH3.Zr/c1-14-13-16-8-3-5-11-18(16)20(14)19-12-6-9-15-7-2-4-10-17(15)19;;;/h2-13H,1H3;2*1H3;. The molecule has 3 aromatic rings. The Bertz CT molecular complexity index is 913. The van der Waals surface area contributed by atoms with E-state index in [9.17, 15) is 0 Å². The van der Waals surface area contributed by atoms with E-state index in [1.165, 1.54) is 27.5 Å². The van der Waals surface area contributed by atoms with Gasteiger partial charge < -0.3 is 0 Å². The minimum atomic E-state index is -1.39. The first-order chi connectivity index (χ1) is 11.2. The van der Waals surface area contributed by atoms with Gasteiger partial charge in [-0.25, -0.2) is 0 Å². The number of allylic oxidation sites excluding steroid dienone is 1. The van der Waals surface area contributed by atoms with Crippen LogP contribution in [-0.2, 0) is 21.8 Å². The van der Waals surface area contributed by atoms with Gasteiger partial charge in [-0.1, -0.05) is 0 Å². The number of hydrogen-bond acceptors (Lipinski definition) is 0.